The van der Waals surface area contributed by atoms with Gasteiger partial charge in [0.2, 0.25) is 0 Å². The van der Waals surface area contributed by atoms with Gasteiger partial charge in [-0.3, -0.25) is 4.79 Å². The molecule has 1 aromatic rings. The quantitative estimate of drug-likeness (QED) is 0.849. The Balaban J connectivity index is 2.45. The monoisotopic (exact) mass is 255 g/mol. The number of benzene rings is 1. The number of hydrogen-bond donors (Lipinski definition) is 2. The van der Waals surface area contributed by atoms with E-state index in [4.69, 9.17) is 11.6 Å². The van der Waals surface area contributed by atoms with Crippen molar-refractivity contribution in [3.8, 4) is 0 Å². The van der Waals surface area contributed by atoms with Crippen molar-refractivity contribution in [3.05, 3.63) is 34.9 Å². The van der Waals surface area contributed by atoms with Gasteiger partial charge in [-0.1, -0.05) is 31.5 Å². The maximum absolute atomic E-state index is 11.7. The van der Waals surface area contributed by atoms with Crippen molar-refractivity contribution in [3.63, 3.8) is 0 Å². The third-order valence-electron chi connectivity index (χ3n) is 2.33. The summed E-state index contributed by atoms with van der Waals surface area (Å²) in [7, 11) is 0. The molecule has 0 spiro atoms. The minimum Gasteiger partial charge on any atom is -0.391 e. The molecule has 4 heteroatoms. The van der Waals surface area contributed by atoms with E-state index in [1.165, 1.54) is 0 Å². The van der Waals surface area contributed by atoms with Crippen LogP contribution in [0.2, 0.25) is 5.02 Å². The second-order valence-electron chi connectivity index (χ2n) is 4.50. The van der Waals surface area contributed by atoms with Gasteiger partial charge in [0.25, 0.3) is 5.91 Å². The van der Waals surface area contributed by atoms with Crippen LogP contribution in [-0.4, -0.2) is 23.7 Å². The van der Waals surface area contributed by atoms with Crippen molar-refractivity contribution in [2.24, 2.45) is 5.92 Å². The van der Waals surface area contributed by atoms with Gasteiger partial charge >= 0.3 is 0 Å². The van der Waals surface area contributed by atoms with Crippen LogP contribution in [0.5, 0.6) is 0 Å². The second kappa shape index (κ2) is 6.62. The molecule has 1 unspecified atom stereocenters. The van der Waals surface area contributed by atoms with Crippen LogP contribution in [0.15, 0.2) is 24.3 Å². The summed E-state index contributed by atoms with van der Waals surface area (Å²) >= 11 is 5.79. The highest BCUT2D eigenvalue weighted by atomic mass is 35.5. The van der Waals surface area contributed by atoms with Crippen molar-refractivity contribution in [1.29, 1.82) is 0 Å². The van der Waals surface area contributed by atoms with Crippen LogP contribution < -0.4 is 5.32 Å². The van der Waals surface area contributed by atoms with Crippen molar-refractivity contribution in [1.82, 2.24) is 5.32 Å². The largest absolute Gasteiger partial charge is 0.391 e. The molecule has 2 N–H and O–H groups in total. The van der Waals surface area contributed by atoms with Gasteiger partial charge in [-0.2, -0.15) is 0 Å². The Morgan fingerprint density at radius 1 is 1.47 bits per heavy atom. The van der Waals surface area contributed by atoms with Gasteiger partial charge in [0.05, 0.1) is 6.10 Å². The summed E-state index contributed by atoms with van der Waals surface area (Å²) in [4.78, 5) is 11.7. The maximum Gasteiger partial charge on any atom is 0.251 e. The van der Waals surface area contributed by atoms with Crippen LogP contribution >= 0.6 is 11.6 Å². The summed E-state index contributed by atoms with van der Waals surface area (Å²) in [5, 5.41) is 12.8. The molecule has 0 saturated carbocycles. The third kappa shape index (κ3) is 5.20. The van der Waals surface area contributed by atoms with E-state index in [0.29, 0.717) is 22.9 Å². The van der Waals surface area contributed by atoms with E-state index >= 15 is 0 Å². The van der Waals surface area contributed by atoms with Crippen LogP contribution in [0.25, 0.3) is 0 Å². The topological polar surface area (TPSA) is 49.3 Å². The number of hydrogen-bond acceptors (Lipinski definition) is 2. The number of rotatable bonds is 5. The molecule has 1 amide bonds. The minimum atomic E-state index is -0.502. The third-order valence-corrected chi connectivity index (χ3v) is 2.56. The van der Waals surface area contributed by atoms with E-state index < -0.39 is 6.10 Å². The smallest absolute Gasteiger partial charge is 0.251 e. The predicted molar refractivity (Wildman–Crippen MR) is 69.2 cm³/mol. The van der Waals surface area contributed by atoms with Gasteiger partial charge in [-0.05, 0) is 30.5 Å². The average molecular weight is 256 g/mol. The summed E-state index contributed by atoms with van der Waals surface area (Å²) in [6, 6.07) is 6.73. The maximum atomic E-state index is 11.7. The lowest BCUT2D eigenvalue weighted by Gasteiger charge is -2.13. The average Bonchev–Trinajstić information content (AvgIpc) is 2.25. The lowest BCUT2D eigenvalue weighted by Crippen LogP contribution is -2.32. The fourth-order valence-corrected chi connectivity index (χ4v) is 1.76. The SMILES string of the molecule is CC(C)CC(O)CNC(=O)c1cccc(Cl)c1. The molecule has 0 saturated heterocycles. The first-order chi connectivity index (χ1) is 7.99. The van der Waals surface area contributed by atoms with E-state index in [9.17, 15) is 9.90 Å². The van der Waals surface area contributed by atoms with Crippen molar-refractivity contribution in [2.75, 3.05) is 6.54 Å². The molecule has 0 fully saturated rings. The van der Waals surface area contributed by atoms with E-state index in [-0.39, 0.29) is 12.5 Å². The number of halogens is 1. The highest BCUT2D eigenvalue weighted by Gasteiger charge is 2.10. The van der Waals surface area contributed by atoms with E-state index in [0.717, 1.165) is 0 Å². The Hall–Kier alpha value is -1.06. The van der Waals surface area contributed by atoms with Crippen LogP contribution in [0.3, 0.4) is 0 Å². The molecule has 0 aliphatic heterocycles. The molecule has 0 aliphatic carbocycles. The van der Waals surface area contributed by atoms with Gasteiger partial charge < -0.3 is 10.4 Å². The van der Waals surface area contributed by atoms with E-state index in [2.05, 4.69) is 5.32 Å². The number of aliphatic hydroxyl groups excluding tert-OH is 1. The number of amides is 1. The predicted octanol–water partition coefficient (Wildman–Crippen LogP) is 2.48. The Morgan fingerprint density at radius 2 is 2.18 bits per heavy atom. The summed E-state index contributed by atoms with van der Waals surface area (Å²) in [6.07, 6.45) is 0.175. The minimum absolute atomic E-state index is 0.213. The lowest BCUT2D eigenvalue weighted by atomic mass is 10.1. The molecule has 0 radical (unpaired) electrons. The molecular formula is C13H18ClNO2. The highest BCUT2D eigenvalue weighted by Crippen LogP contribution is 2.10. The first kappa shape index (κ1) is 14.0. The van der Waals surface area contributed by atoms with Gasteiger partial charge in [0.1, 0.15) is 0 Å². The van der Waals surface area contributed by atoms with Crippen molar-refractivity contribution >= 4 is 17.5 Å². The molecule has 0 heterocycles. The summed E-state index contributed by atoms with van der Waals surface area (Å²) in [5.41, 5.74) is 0.509. The summed E-state index contributed by atoms with van der Waals surface area (Å²) in [6.45, 7) is 4.33. The molecule has 17 heavy (non-hydrogen) atoms. The molecule has 3 nitrogen and oxygen atoms in total. The number of carbonyl (C=O) groups is 1. The summed E-state index contributed by atoms with van der Waals surface area (Å²) < 4.78 is 0. The Kier molecular flexibility index (Phi) is 5.45. The van der Waals surface area contributed by atoms with Gasteiger partial charge in [-0.25, -0.2) is 0 Å². The molecule has 0 bridgehead atoms. The molecule has 1 atom stereocenters. The Labute approximate surface area is 107 Å². The molecule has 0 aliphatic rings. The molecule has 1 rings (SSSR count). The zero-order valence-corrected chi connectivity index (χ0v) is 10.9. The normalized spacial score (nSPS) is 12.5. The van der Waals surface area contributed by atoms with Gasteiger partial charge in [-0.15, -0.1) is 0 Å². The number of aliphatic hydroxyl groups is 1. The van der Waals surface area contributed by atoms with Crippen molar-refractivity contribution < 1.29 is 9.90 Å². The number of nitrogens with one attached hydrogen (secondary N) is 1. The number of carbonyl (C=O) groups excluding carboxylic acids is 1. The van der Waals surface area contributed by atoms with E-state index in [1.54, 1.807) is 24.3 Å². The molecule has 1 aromatic carbocycles. The lowest BCUT2D eigenvalue weighted by molar-refractivity contribution is 0.0900. The first-order valence-corrected chi connectivity index (χ1v) is 6.08. The zero-order chi connectivity index (χ0) is 12.8. The molecular weight excluding hydrogens is 238 g/mol. The Bertz CT molecular complexity index is 379. The Morgan fingerprint density at radius 3 is 2.76 bits per heavy atom. The zero-order valence-electron chi connectivity index (χ0n) is 10.1. The van der Waals surface area contributed by atoms with Crippen LogP contribution in [0, 0.1) is 5.92 Å². The highest BCUT2D eigenvalue weighted by molar-refractivity contribution is 6.30. The van der Waals surface area contributed by atoms with Crippen LogP contribution in [0.4, 0.5) is 0 Å². The van der Waals surface area contributed by atoms with Crippen LogP contribution in [-0.2, 0) is 0 Å². The van der Waals surface area contributed by atoms with E-state index in [1.807, 2.05) is 13.8 Å². The first-order valence-electron chi connectivity index (χ1n) is 5.71. The van der Waals surface area contributed by atoms with Crippen molar-refractivity contribution in [2.45, 2.75) is 26.4 Å². The second-order valence-corrected chi connectivity index (χ2v) is 4.94. The fraction of sp³-hybridized carbons (Fsp3) is 0.462. The van der Waals surface area contributed by atoms with Crippen LogP contribution in [0.1, 0.15) is 30.6 Å². The standard InChI is InChI=1S/C13H18ClNO2/c1-9(2)6-12(16)8-15-13(17)10-4-3-5-11(14)7-10/h3-5,7,9,12,16H,6,8H2,1-2H3,(H,15,17). The fourth-order valence-electron chi connectivity index (χ4n) is 1.57. The van der Waals surface area contributed by atoms with Gasteiger partial charge in [0.15, 0.2) is 0 Å². The molecule has 94 valence electrons. The van der Waals surface area contributed by atoms with Gasteiger partial charge in [0, 0.05) is 17.1 Å². The summed E-state index contributed by atoms with van der Waals surface area (Å²) in [5.74, 6) is 0.198. The molecule has 0 aromatic heterocycles.